The lowest BCUT2D eigenvalue weighted by Gasteiger charge is -2.22. The number of aliphatic hydroxyl groups excluding tert-OH is 1. The van der Waals surface area contributed by atoms with Gasteiger partial charge in [-0.15, -0.1) is 0 Å². The minimum Gasteiger partial charge on any atom is -0.392 e. The highest BCUT2D eigenvalue weighted by atomic mass is 19.1. The van der Waals surface area contributed by atoms with Crippen LogP contribution in [0, 0.1) is 5.82 Å². The molecule has 3 N–H and O–H groups in total. The molecule has 0 saturated carbocycles. The van der Waals surface area contributed by atoms with Gasteiger partial charge in [-0.05, 0) is 18.1 Å². The third kappa shape index (κ3) is 5.59. The first-order valence-corrected chi connectivity index (χ1v) is 7.83. The molecule has 0 heterocycles. The molecular formula is C17H28FNO. The Morgan fingerprint density at radius 3 is 2.40 bits per heavy atom. The van der Waals surface area contributed by atoms with Crippen molar-refractivity contribution in [1.29, 1.82) is 0 Å². The van der Waals surface area contributed by atoms with Crippen molar-refractivity contribution in [3.05, 3.63) is 35.6 Å². The summed E-state index contributed by atoms with van der Waals surface area (Å²) in [7, 11) is 0. The quantitative estimate of drug-likeness (QED) is 0.637. The van der Waals surface area contributed by atoms with Crippen molar-refractivity contribution in [2.45, 2.75) is 63.9 Å². The second kappa shape index (κ2) is 9.89. The summed E-state index contributed by atoms with van der Waals surface area (Å²) in [6.45, 7) is 2.47. The van der Waals surface area contributed by atoms with E-state index in [0.717, 1.165) is 12.8 Å². The minimum atomic E-state index is -0.553. The Labute approximate surface area is 122 Å². The molecule has 0 aliphatic heterocycles. The molecule has 20 heavy (non-hydrogen) atoms. The maximum absolute atomic E-state index is 13.7. The van der Waals surface area contributed by atoms with Gasteiger partial charge in [-0.2, -0.15) is 0 Å². The van der Waals surface area contributed by atoms with Crippen LogP contribution in [-0.2, 0) is 0 Å². The van der Waals surface area contributed by atoms with E-state index in [0.29, 0.717) is 12.0 Å². The van der Waals surface area contributed by atoms with Gasteiger partial charge in [-0.3, -0.25) is 0 Å². The molecule has 1 aromatic carbocycles. The summed E-state index contributed by atoms with van der Waals surface area (Å²) >= 11 is 0. The van der Waals surface area contributed by atoms with Crippen LogP contribution in [0.15, 0.2) is 24.3 Å². The number of rotatable bonds is 10. The average Bonchev–Trinajstić information content (AvgIpc) is 2.45. The Morgan fingerprint density at radius 1 is 1.10 bits per heavy atom. The van der Waals surface area contributed by atoms with E-state index >= 15 is 0 Å². The van der Waals surface area contributed by atoms with Gasteiger partial charge in [0.05, 0.1) is 6.10 Å². The van der Waals surface area contributed by atoms with Gasteiger partial charge < -0.3 is 10.8 Å². The van der Waals surface area contributed by atoms with E-state index in [4.69, 9.17) is 5.73 Å². The third-order valence-corrected chi connectivity index (χ3v) is 3.88. The van der Waals surface area contributed by atoms with Gasteiger partial charge in [-0.1, -0.05) is 63.6 Å². The summed E-state index contributed by atoms with van der Waals surface area (Å²) in [4.78, 5) is 0. The number of nitrogens with two attached hydrogens (primary N) is 1. The molecule has 1 rings (SSSR count). The van der Waals surface area contributed by atoms with Crippen molar-refractivity contribution in [3.63, 3.8) is 0 Å². The van der Waals surface area contributed by atoms with E-state index in [1.54, 1.807) is 18.2 Å². The van der Waals surface area contributed by atoms with Crippen molar-refractivity contribution in [2.75, 3.05) is 6.54 Å². The summed E-state index contributed by atoms with van der Waals surface area (Å²) in [5.74, 6) is -0.572. The lowest BCUT2D eigenvalue weighted by Crippen LogP contribution is -2.26. The van der Waals surface area contributed by atoms with Crippen LogP contribution in [0.25, 0.3) is 0 Å². The highest BCUT2D eigenvalue weighted by Gasteiger charge is 2.21. The van der Waals surface area contributed by atoms with Crippen LogP contribution in [0.3, 0.4) is 0 Å². The number of halogens is 1. The molecule has 2 nitrogen and oxygen atoms in total. The van der Waals surface area contributed by atoms with E-state index in [2.05, 4.69) is 6.92 Å². The Balaban J connectivity index is 2.40. The lowest BCUT2D eigenvalue weighted by atomic mass is 9.90. The second-order valence-corrected chi connectivity index (χ2v) is 5.49. The predicted molar refractivity (Wildman–Crippen MR) is 82.2 cm³/mol. The zero-order valence-corrected chi connectivity index (χ0v) is 12.5. The molecule has 0 aliphatic rings. The summed E-state index contributed by atoms with van der Waals surface area (Å²) in [5.41, 5.74) is 6.25. The number of aliphatic hydroxyl groups is 1. The lowest BCUT2D eigenvalue weighted by molar-refractivity contribution is 0.130. The summed E-state index contributed by atoms with van der Waals surface area (Å²) < 4.78 is 13.7. The van der Waals surface area contributed by atoms with Crippen LogP contribution >= 0.6 is 0 Å². The van der Waals surface area contributed by atoms with E-state index in [1.165, 1.54) is 31.7 Å². The fraction of sp³-hybridized carbons (Fsp3) is 0.647. The van der Waals surface area contributed by atoms with E-state index in [-0.39, 0.29) is 18.3 Å². The molecule has 0 amide bonds. The topological polar surface area (TPSA) is 46.2 Å². The number of benzene rings is 1. The van der Waals surface area contributed by atoms with E-state index in [9.17, 15) is 9.50 Å². The van der Waals surface area contributed by atoms with Gasteiger partial charge in [-0.25, -0.2) is 4.39 Å². The number of hydrogen-bond donors (Lipinski definition) is 2. The molecule has 2 unspecified atom stereocenters. The second-order valence-electron chi connectivity index (χ2n) is 5.49. The minimum absolute atomic E-state index is 0.273. The van der Waals surface area contributed by atoms with Crippen LogP contribution in [0.4, 0.5) is 4.39 Å². The molecule has 3 heteroatoms. The van der Waals surface area contributed by atoms with Gasteiger partial charge in [0.1, 0.15) is 5.82 Å². The zero-order valence-electron chi connectivity index (χ0n) is 12.5. The molecule has 0 fully saturated rings. The van der Waals surface area contributed by atoms with Crippen molar-refractivity contribution in [1.82, 2.24) is 0 Å². The molecule has 0 aromatic heterocycles. The van der Waals surface area contributed by atoms with Crippen molar-refractivity contribution in [2.24, 2.45) is 5.73 Å². The maximum atomic E-state index is 13.7. The SMILES string of the molecule is CCCCCCCCC(O)C(CN)c1ccccc1F. The van der Waals surface area contributed by atoms with Crippen LogP contribution in [0.5, 0.6) is 0 Å². The van der Waals surface area contributed by atoms with Crippen molar-refractivity contribution in [3.8, 4) is 0 Å². The molecule has 0 bridgehead atoms. The first-order valence-electron chi connectivity index (χ1n) is 7.83. The molecule has 1 aromatic rings. The van der Waals surface area contributed by atoms with Crippen LogP contribution < -0.4 is 5.73 Å². The smallest absolute Gasteiger partial charge is 0.126 e. The third-order valence-electron chi connectivity index (χ3n) is 3.88. The average molecular weight is 281 g/mol. The Kier molecular flexibility index (Phi) is 8.47. The van der Waals surface area contributed by atoms with Gasteiger partial charge in [0.15, 0.2) is 0 Å². The van der Waals surface area contributed by atoms with Crippen LogP contribution in [0.2, 0.25) is 0 Å². The fourth-order valence-electron chi connectivity index (χ4n) is 2.60. The first-order chi connectivity index (χ1) is 9.70. The normalized spacial score (nSPS) is 14.2. The number of hydrogen-bond acceptors (Lipinski definition) is 2. The van der Waals surface area contributed by atoms with Gasteiger partial charge in [0.25, 0.3) is 0 Å². The summed E-state index contributed by atoms with van der Waals surface area (Å²) in [5, 5.41) is 10.2. The molecule has 0 radical (unpaired) electrons. The summed E-state index contributed by atoms with van der Waals surface area (Å²) in [6, 6.07) is 6.60. The summed E-state index contributed by atoms with van der Waals surface area (Å²) in [6.07, 6.45) is 7.26. The van der Waals surface area contributed by atoms with E-state index < -0.39 is 6.10 Å². The first kappa shape index (κ1) is 17.1. The van der Waals surface area contributed by atoms with Crippen molar-refractivity contribution < 1.29 is 9.50 Å². The fourth-order valence-corrected chi connectivity index (χ4v) is 2.60. The zero-order chi connectivity index (χ0) is 14.8. The van der Waals surface area contributed by atoms with Gasteiger partial charge in [0, 0.05) is 12.5 Å². The maximum Gasteiger partial charge on any atom is 0.126 e. The Bertz CT molecular complexity index is 370. The van der Waals surface area contributed by atoms with Crippen molar-refractivity contribution >= 4 is 0 Å². The predicted octanol–water partition coefficient (Wildman–Crippen LogP) is 3.98. The molecular weight excluding hydrogens is 253 g/mol. The van der Waals surface area contributed by atoms with Crippen LogP contribution in [-0.4, -0.2) is 17.8 Å². The molecule has 2 atom stereocenters. The molecule has 114 valence electrons. The molecule has 0 spiro atoms. The molecule has 0 saturated heterocycles. The largest absolute Gasteiger partial charge is 0.392 e. The highest BCUT2D eigenvalue weighted by Crippen LogP contribution is 2.24. The number of unbranched alkanes of at least 4 members (excludes halogenated alkanes) is 5. The monoisotopic (exact) mass is 281 g/mol. The van der Waals surface area contributed by atoms with E-state index in [1.807, 2.05) is 0 Å². The highest BCUT2D eigenvalue weighted by molar-refractivity contribution is 5.23. The Hall–Kier alpha value is -0.930. The Morgan fingerprint density at radius 2 is 1.75 bits per heavy atom. The molecule has 0 aliphatic carbocycles. The van der Waals surface area contributed by atoms with Crippen LogP contribution in [0.1, 0.15) is 63.4 Å². The van der Waals surface area contributed by atoms with Gasteiger partial charge in [0.2, 0.25) is 0 Å². The van der Waals surface area contributed by atoms with Gasteiger partial charge >= 0.3 is 0 Å². The standard InChI is InChI=1S/C17H28FNO/c1-2-3-4-5-6-7-12-17(20)15(13-19)14-10-8-9-11-16(14)18/h8-11,15,17,20H,2-7,12-13,19H2,1H3.